The topological polar surface area (TPSA) is 189 Å². The molecule has 0 spiro atoms. The number of carbonyl (C=O) groups is 1. The van der Waals surface area contributed by atoms with Crippen molar-refractivity contribution < 1.29 is 42.7 Å². The van der Waals surface area contributed by atoms with Crippen LogP contribution in [0.1, 0.15) is 23.7 Å². The van der Waals surface area contributed by atoms with Gasteiger partial charge in [-0.2, -0.15) is 0 Å². The molecule has 1 aromatic heterocycles. The van der Waals surface area contributed by atoms with Crippen LogP contribution in [-0.2, 0) is 19.5 Å². The Hall–Kier alpha value is -4.05. The van der Waals surface area contributed by atoms with E-state index in [4.69, 9.17) is 19.2 Å². The number of aliphatic hydroxyl groups excluding tert-OH is 3. The molecule has 13 nitrogen and oxygen atoms in total. The van der Waals surface area contributed by atoms with E-state index in [1.54, 1.807) is 43.3 Å². The van der Waals surface area contributed by atoms with Crippen molar-refractivity contribution in [3.05, 3.63) is 66.2 Å². The molecule has 1 aliphatic rings. The van der Waals surface area contributed by atoms with Crippen molar-refractivity contribution in [2.75, 3.05) is 36.6 Å². The Morgan fingerprint density at radius 1 is 1.02 bits per heavy atom. The van der Waals surface area contributed by atoms with E-state index in [-0.39, 0.29) is 11.3 Å². The van der Waals surface area contributed by atoms with Crippen molar-refractivity contribution in [2.24, 2.45) is 0 Å². The average molecular weight is 641 g/mol. The molecule has 5 rings (SSSR count). The van der Waals surface area contributed by atoms with Crippen molar-refractivity contribution in [3.8, 4) is 5.75 Å². The molecule has 3 aromatic carbocycles. The van der Waals surface area contributed by atoms with Crippen LogP contribution in [0.2, 0.25) is 0 Å². The molecule has 4 aromatic rings. The maximum absolute atomic E-state index is 13.7. The number of amides is 1. The normalized spacial score (nSPS) is 21.9. The number of sulfonamides is 1. The molecule has 45 heavy (non-hydrogen) atoms. The van der Waals surface area contributed by atoms with Crippen LogP contribution >= 0.6 is 0 Å². The van der Waals surface area contributed by atoms with Crippen LogP contribution in [0.25, 0.3) is 21.8 Å². The lowest BCUT2D eigenvalue weighted by Gasteiger charge is -2.41. The van der Waals surface area contributed by atoms with Gasteiger partial charge in [-0.15, -0.1) is 0 Å². The fraction of sp³-hybridized carbons (Fsp3) is 0.355. The summed E-state index contributed by atoms with van der Waals surface area (Å²) in [6.07, 6.45) is -4.68. The van der Waals surface area contributed by atoms with Gasteiger partial charge in [0, 0.05) is 23.9 Å². The van der Waals surface area contributed by atoms with E-state index in [0.717, 1.165) is 5.39 Å². The zero-order chi connectivity index (χ0) is 32.3. The highest BCUT2D eigenvalue weighted by Gasteiger charge is 2.45. The number of benzene rings is 3. The van der Waals surface area contributed by atoms with Gasteiger partial charge in [0.25, 0.3) is 5.91 Å². The van der Waals surface area contributed by atoms with Gasteiger partial charge in [0.15, 0.2) is 6.29 Å². The second kappa shape index (κ2) is 13.5. The van der Waals surface area contributed by atoms with Gasteiger partial charge in [0.05, 0.1) is 53.1 Å². The number of fused-ring (bicyclic) bond motifs is 2. The minimum absolute atomic E-state index is 0.0111. The number of carbonyl (C=O) groups excluding carboxylic acids is 1. The Labute approximate surface area is 260 Å². The van der Waals surface area contributed by atoms with Gasteiger partial charge in [0.2, 0.25) is 10.0 Å². The minimum atomic E-state index is -3.51. The summed E-state index contributed by atoms with van der Waals surface area (Å²) < 4.78 is 43.6. The smallest absolute Gasteiger partial charge is 0.253 e. The molecule has 240 valence electrons. The molecule has 2 heterocycles. The Morgan fingerprint density at radius 3 is 2.49 bits per heavy atom. The lowest BCUT2D eigenvalue weighted by molar-refractivity contribution is -0.261. The van der Waals surface area contributed by atoms with E-state index >= 15 is 0 Å². The molecular weight excluding hydrogens is 604 g/mol. The number of hydrogen-bond donors (Lipinski definition) is 6. The number of pyridine rings is 1. The summed E-state index contributed by atoms with van der Waals surface area (Å²) in [6, 6.07) is 16.2. The lowest BCUT2D eigenvalue weighted by atomic mass is 9.96. The first-order valence-corrected chi connectivity index (χ1v) is 16.0. The van der Waals surface area contributed by atoms with Crippen LogP contribution in [0.5, 0.6) is 5.75 Å². The number of aromatic nitrogens is 1. The standard InChI is InChI=1S/C31H36N4O9S/c1-4-14-45(40,41)35-17-12-13-22(23(15-17)42-2)33-25-18-8-5-6-11-21(18)32-26-19(25)9-7-10-20(26)30(39)34-27-29(38)28(37)24(16-36)44-31(27)43-3/h5-13,15,24,27-29,31,35-38H,4,14,16H2,1-3H3,(H,32,33)(H,34,39)/t24-,27-,28-,29-,31+/m1/s1. The number of ether oxygens (including phenoxy) is 3. The van der Waals surface area contributed by atoms with E-state index in [2.05, 4.69) is 15.4 Å². The highest BCUT2D eigenvalue weighted by Crippen LogP contribution is 2.38. The average Bonchev–Trinajstić information content (AvgIpc) is 3.03. The second-order valence-electron chi connectivity index (χ2n) is 10.6. The van der Waals surface area contributed by atoms with Crippen LogP contribution in [0.15, 0.2) is 60.7 Å². The van der Waals surface area contributed by atoms with E-state index in [1.165, 1.54) is 14.2 Å². The van der Waals surface area contributed by atoms with Crippen molar-refractivity contribution >= 4 is 54.8 Å². The third kappa shape index (κ3) is 6.66. The highest BCUT2D eigenvalue weighted by atomic mass is 32.2. The molecular formula is C31H36N4O9S. The fourth-order valence-electron chi connectivity index (χ4n) is 5.39. The molecule has 0 bridgehead atoms. The van der Waals surface area contributed by atoms with Crippen LogP contribution < -0.4 is 20.1 Å². The zero-order valence-corrected chi connectivity index (χ0v) is 25.7. The molecule has 6 N–H and O–H groups in total. The zero-order valence-electron chi connectivity index (χ0n) is 24.9. The molecule has 1 saturated heterocycles. The Morgan fingerprint density at radius 2 is 1.78 bits per heavy atom. The lowest BCUT2D eigenvalue weighted by Crippen LogP contribution is -2.64. The van der Waals surface area contributed by atoms with Gasteiger partial charge in [-0.3, -0.25) is 9.52 Å². The molecule has 0 unspecified atom stereocenters. The van der Waals surface area contributed by atoms with Gasteiger partial charge in [-0.05, 0) is 30.7 Å². The van der Waals surface area contributed by atoms with Gasteiger partial charge < -0.3 is 40.2 Å². The molecule has 1 aliphatic heterocycles. The Kier molecular flexibility index (Phi) is 9.72. The summed E-state index contributed by atoms with van der Waals surface area (Å²) in [5, 5.41) is 38.1. The van der Waals surface area contributed by atoms with Crippen molar-refractivity contribution in [1.82, 2.24) is 10.3 Å². The quantitative estimate of drug-likeness (QED) is 0.132. The molecule has 14 heteroatoms. The van der Waals surface area contributed by atoms with Crippen molar-refractivity contribution in [3.63, 3.8) is 0 Å². The maximum Gasteiger partial charge on any atom is 0.253 e. The number of anilines is 3. The second-order valence-corrected chi connectivity index (χ2v) is 12.5. The molecule has 1 amide bonds. The predicted octanol–water partition coefficient (Wildman–Crippen LogP) is 2.48. The largest absolute Gasteiger partial charge is 0.494 e. The first-order valence-electron chi connectivity index (χ1n) is 14.3. The van der Waals surface area contributed by atoms with Crippen molar-refractivity contribution in [1.29, 1.82) is 0 Å². The SMILES string of the molecule is CCCS(=O)(=O)Nc1ccc(Nc2c3ccccc3nc3c(C(=O)N[C@H]4[C@@H](OC)O[C@H](CO)[C@@H](O)[C@@H]4O)cccc23)c(OC)c1. The molecule has 1 fully saturated rings. The van der Waals surface area contributed by atoms with Gasteiger partial charge in [0.1, 0.15) is 30.1 Å². The van der Waals surface area contributed by atoms with E-state index < -0.39 is 53.2 Å². The summed E-state index contributed by atoms with van der Waals surface area (Å²) in [6.45, 7) is 1.24. The number of hydrogen-bond acceptors (Lipinski definition) is 11. The number of methoxy groups -OCH3 is 2. The van der Waals surface area contributed by atoms with Gasteiger partial charge >= 0.3 is 0 Å². The third-order valence-corrected chi connectivity index (χ3v) is 9.07. The fourth-order valence-corrected chi connectivity index (χ4v) is 6.52. The van der Waals surface area contributed by atoms with Gasteiger partial charge in [-0.25, -0.2) is 13.4 Å². The van der Waals surface area contributed by atoms with Gasteiger partial charge in [-0.1, -0.05) is 37.3 Å². The van der Waals surface area contributed by atoms with Crippen LogP contribution in [0.4, 0.5) is 17.1 Å². The Bertz CT molecular complexity index is 1800. The van der Waals surface area contributed by atoms with E-state index in [9.17, 15) is 28.5 Å². The molecule has 0 radical (unpaired) electrons. The monoisotopic (exact) mass is 640 g/mol. The van der Waals surface area contributed by atoms with E-state index in [0.29, 0.717) is 45.7 Å². The molecule has 0 aliphatic carbocycles. The number of para-hydroxylation sites is 2. The number of nitrogens with one attached hydrogen (secondary N) is 3. The number of rotatable bonds is 11. The molecule has 0 saturated carbocycles. The van der Waals surface area contributed by atoms with E-state index in [1.807, 2.05) is 24.3 Å². The summed E-state index contributed by atoms with van der Waals surface area (Å²) in [5.41, 5.74) is 2.66. The summed E-state index contributed by atoms with van der Waals surface area (Å²) in [5.74, 6) is -0.228. The van der Waals surface area contributed by atoms with Crippen molar-refractivity contribution in [2.45, 2.75) is 44.0 Å². The molecule has 5 atom stereocenters. The van der Waals surface area contributed by atoms with Crippen LogP contribution in [0, 0.1) is 0 Å². The predicted molar refractivity (Wildman–Crippen MR) is 169 cm³/mol. The highest BCUT2D eigenvalue weighted by molar-refractivity contribution is 7.92. The minimum Gasteiger partial charge on any atom is -0.494 e. The number of aliphatic hydroxyl groups is 3. The first-order chi connectivity index (χ1) is 21.6. The maximum atomic E-state index is 13.7. The first kappa shape index (κ1) is 32.3. The van der Waals surface area contributed by atoms with Crippen LogP contribution in [-0.4, -0.2) is 91.9 Å². The Balaban J connectivity index is 1.54. The number of nitrogens with zero attached hydrogens (tertiary/aromatic N) is 1. The summed E-state index contributed by atoms with van der Waals surface area (Å²) in [4.78, 5) is 18.5. The summed E-state index contributed by atoms with van der Waals surface area (Å²) in [7, 11) is -0.702. The van der Waals surface area contributed by atoms with Crippen LogP contribution in [0.3, 0.4) is 0 Å². The summed E-state index contributed by atoms with van der Waals surface area (Å²) >= 11 is 0. The third-order valence-electron chi connectivity index (χ3n) is 7.57.